The molecule has 3 heterocycles. The van der Waals surface area contributed by atoms with Gasteiger partial charge in [-0.25, -0.2) is 0 Å². The summed E-state index contributed by atoms with van der Waals surface area (Å²) >= 11 is 0. The Kier molecular flexibility index (Phi) is 8.36. The second kappa shape index (κ2) is 12.3. The van der Waals surface area contributed by atoms with Gasteiger partial charge in [0.05, 0.1) is 18.0 Å². The van der Waals surface area contributed by atoms with Gasteiger partial charge < -0.3 is 10.6 Å². The van der Waals surface area contributed by atoms with E-state index in [1.807, 2.05) is 6.07 Å². The predicted molar refractivity (Wildman–Crippen MR) is 139 cm³/mol. The van der Waals surface area contributed by atoms with E-state index in [0.29, 0.717) is 32.5 Å². The van der Waals surface area contributed by atoms with Crippen molar-refractivity contribution in [1.29, 1.82) is 0 Å². The summed E-state index contributed by atoms with van der Waals surface area (Å²) in [4.78, 5) is 28.4. The number of rotatable bonds is 11. The first kappa shape index (κ1) is 27.9. The van der Waals surface area contributed by atoms with Crippen molar-refractivity contribution in [2.24, 2.45) is 0 Å². The number of halogens is 3. The average Bonchev–Trinajstić information content (AvgIpc) is 3.73. The SMILES string of the molecule is O=C(NCc1cncc(C(F)(F)F)c1)c1cn(CCCCn2cc(C(=O)NCc3ccc4c(c3)CCC4)nn2)nn1. The molecule has 2 amide bonds. The van der Waals surface area contributed by atoms with E-state index in [-0.39, 0.29) is 29.4 Å². The molecule has 2 N–H and O–H groups in total. The molecule has 0 unspecified atom stereocenters. The van der Waals surface area contributed by atoms with E-state index in [0.717, 1.165) is 30.7 Å². The van der Waals surface area contributed by atoms with E-state index in [4.69, 9.17) is 0 Å². The number of hydrogen-bond donors (Lipinski definition) is 2. The Balaban J connectivity index is 1.02. The fourth-order valence-corrected chi connectivity index (χ4v) is 4.59. The molecule has 0 saturated carbocycles. The maximum Gasteiger partial charge on any atom is 0.417 e. The number of alkyl halides is 3. The van der Waals surface area contributed by atoms with Crippen molar-refractivity contribution in [3.8, 4) is 0 Å². The smallest absolute Gasteiger partial charge is 0.347 e. The summed E-state index contributed by atoms with van der Waals surface area (Å²) in [5.41, 5.74) is 3.45. The van der Waals surface area contributed by atoms with Crippen molar-refractivity contribution >= 4 is 11.8 Å². The lowest BCUT2D eigenvalue weighted by Crippen LogP contribution is -2.23. The summed E-state index contributed by atoms with van der Waals surface area (Å²) in [6.07, 6.45) is 5.34. The van der Waals surface area contributed by atoms with Crippen LogP contribution in [0.4, 0.5) is 13.2 Å². The summed E-state index contributed by atoms with van der Waals surface area (Å²) in [5, 5.41) is 21.2. The Morgan fingerprint density at radius 1 is 0.805 bits per heavy atom. The van der Waals surface area contributed by atoms with Crippen molar-refractivity contribution in [3.63, 3.8) is 0 Å². The van der Waals surface area contributed by atoms with Crippen LogP contribution in [0.25, 0.3) is 0 Å². The first-order valence-corrected chi connectivity index (χ1v) is 13.2. The van der Waals surface area contributed by atoms with Gasteiger partial charge in [-0.2, -0.15) is 13.2 Å². The third kappa shape index (κ3) is 7.32. The maximum absolute atomic E-state index is 12.8. The van der Waals surface area contributed by atoms with Gasteiger partial charge >= 0.3 is 6.18 Å². The highest BCUT2D eigenvalue weighted by molar-refractivity contribution is 5.92. The number of fused-ring (bicyclic) bond motifs is 1. The number of carbonyl (C=O) groups excluding carboxylic acids is 2. The van der Waals surface area contributed by atoms with Gasteiger partial charge in [-0.15, -0.1) is 10.2 Å². The minimum Gasteiger partial charge on any atom is -0.347 e. The van der Waals surface area contributed by atoms with Crippen LogP contribution in [0, 0.1) is 0 Å². The molecule has 1 aromatic carbocycles. The van der Waals surface area contributed by atoms with Crippen molar-refractivity contribution in [2.45, 2.75) is 64.5 Å². The molecule has 0 aliphatic heterocycles. The lowest BCUT2D eigenvalue weighted by atomic mass is 10.1. The minimum absolute atomic E-state index is 0.0526. The molecule has 214 valence electrons. The second-order valence-electron chi connectivity index (χ2n) is 9.84. The van der Waals surface area contributed by atoms with Crippen molar-refractivity contribution < 1.29 is 22.8 Å². The van der Waals surface area contributed by atoms with Crippen molar-refractivity contribution in [2.75, 3.05) is 0 Å². The summed E-state index contributed by atoms with van der Waals surface area (Å²) in [6, 6.07) is 7.27. The van der Waals surface area contributed by atoms with E-state index >= 15 is 0 Å². The molecule has 0 spiro atoms. The van der Waals surface area contributed by atoms with Crippen LogP contribution >= 0.6 is 0 Å². The van der Waals surface area contributed by atoms with Gasteiger partial charge in [-0.05, 0) is 60.4 Å². The molecule has 3 aromatic heterocycles. The normalized spacial score (nSPS) is 12.8. The van der Waals surface area contributed by atoms with Crippen LogP contribution in [-0.4, -0.2) is 46.8 Å². The topological polar surface area (TPSA) is 133 Å². The van der Waals surface area contributed by atoms with Crippen LogP contribution in [-0.2, 0) is 45.2 Å². The summed E-state index contributed by atoms with van der Waals surface area (Å²) < 4.78 is 41.6. The second-order valence-corrected chi connectivity index (χ2v) is 9.84. The highest BCUT2D eigenvalue weighted by Crippen LogP contribution is 2.29. The zero-order chi connectivity index (χ0) is 28.8. The quantitative estimate of drug-likeness (QED) is 0.266. The lowest BCUT2D eigenvalue weighted by molar-refractivity contribution is -0.137. The molecule has 0 radical (unpaired) electrons. The standard InChI is InChI=1S/C27H28F3N9O2/c28-27(29,30)22-11-19(12-31-15-22)14-33-26(41)24-17-39(37-35-24)9-2-1-8-38-16-23(34-36-38)25(40)32-13-18-6-7-20-4-3-5-21(20)10-18/h6-7,10-12,15-17H,1-5,8-9,13-14H2,(H,32,40)(H,33,41). The van der Waals surface area contributed by atoms with Crippen LogP contribution in [0.5, 0.6) is 0 Å². The molecule has 11 nitrogen and oxygen atoms in total. The van der Waals surface area contributed by atoms with E-state index in [1.165, 1.54) is 34.6 Å². The first-order chi connectivity index (χ1) is 19.7. The fraction of sp³-hybridized carbons (Fsp3) is 0.370. The number of nitrogens with one attached hydrogen (secondary N) is 2. The largest absolute Gasteiger partial charge is 0.417 e. The number of nitrogens with zero attached hydrogens (tertiary/aromatic N) is 7. The molecular weight excluding hydrogens is 539 g/mol. The molecule has 0 atom stereocenters. The summed E-state index contributed by atoms with van der Waals surface area (Å²) in [7, 11) is 0. The summed E-state index contributed by atoms with van der Waals surface area (Å²) in [5.74, 6) is -0.840. The number of aromatic nitrogens is 7. The van der Waals surface area contributed by atoms with Crippen LogP contribution in [0.2, 0.25) is 0 Å². The maximum atomic E-state index is 12.8. The number of hydrogen-bond acceptors (Lipinski definition) is 7. The van der Waals surface area contributed by atoms with E-state index in [1.54, 1.807) is 10.9 Å². The van der Waals surface area contributed by atoms with E-state index in [9.17, 15) is 22.8 Å². The van der Waals surface area contributed by atoms with Crippen LogP contribution in [0.1, 0.15) is 68.1 Å². The fourth-order valence-electron chi connectivity index (χ4n) is 4.59. The molecule has 0 fully saturated rings. The Bertz CT molecular complexity index is 1530. The van der Waals surface area contributed by atoms with E-state index < -0.39 is 17.6 Å². The number of amides is 2. The average molecular weight is 568 g/mol. The van der Waals surface area contributed by atoms with Crippen molar-refractivity contribution in [1.82, 2.24) is 45.6 Å². The molecule has 41 heavy (non-hydrogen) atoms. The molecule has 0 saturated heterocycles. The molecule has 14 heteroatoms. The van der Waals surface area contributed by atoms with Crippen LogP contribution in [0.3, 0.4) is 0 Å². The molecule has 5 rings (SSSR count). The molecule has 1 aliphatic rings. The Morgan fingerprint density at radius 2 is 1.41 bits per heavy atom. The van der Waals surface area contributed by atoms with Gasteiger partial charge in [0.25, 0.3) is 11.8 Å². The highest BCUT2D eigenvalue weighted by atomic mass is 19.4. The third-order valence-electron chi connectivity index (χ3n) is 6.76. The number of carbonyl (C=O) groups is 2. The summed E-state index contributed by atoms with van der Waals surface area (Å²) in [6.45, 7) is 1.33. The molecule has 4 aromatic rings. The first-order valence-electron chi connectivity index (χ1n) is 13.2. The Hall–Kier alpha value is -4.62. The van der Waals surface area contributed by atoms with Gasteiger partial charge in [0.1, 0.15) is 0 Å². The highest BCUT2D eigenvalue weighted by Gasteiger charge is 2.31. The third-order valence-corrected chi connectivity index (χ3v) is 6.76. The zero-order valence-electron chi connectivity index (χ0n) is 22.1. The number of pyridine rings is 1. The predicted octanol–water partition coefficient (Wildman–Crippen LogP) is 3.11. The zero-order valence-corrected chi connectivity index (χ0v) is 22.1. The number of unbranched alkanes of at least 4 members (excludes halogenated alkanes) is 1. The van der Waals surface area contributed by atoms with Crippen LogP contribution < -0.4 is 10.6 Å². The number of aryl methyl sites for hydroxylation is 4. The van der Waals surface area contributed by atoms with Gasteiger partial charge in [-0.1, -0.05) is 28.6 Å². The molecule has 0 bridgehead atoms. The Labute approximate surface area is 233 Å². The van der Waals surface area contributed by atoms with Crippen molar-refractivity contribution in [3.05, 3.63) is 88.3 Å². The van der Waals surface area contributed by atoms with Gasteiger partial charge in [0.15, 0.2) is 11.4 Å². The van der Waals surface area contributed by atoms with E-state index in [2.05, 4.69) is 48.4 Å². The van der Waals surface area contributed by atoms with Gasteiger partial charge in [-0.3, -0.25) is 23.9 Å². The Morgan fingerprint density at radius 3 is 2.05 bits per heavy atom. The van der Waals surface area contributed by atoms with Gasteiger partial charge in [0, 0.05) is 38.6 Å². The lowest BCUT2D eigenvalue weighted by Gasteiger charge is -2.08. The van der Waals surface area contributed by atoms with Gasteiger partial charge in [0.2, 0.25) is 0 Å². The number of benzene rings is 1. The van der Waals surface area contributed by atoms with Crippen LogP contribution in [0.15, 0.2) is 49.1 Å². The molecular formula is C27H28F3N9O2. The minimum atomic E-state index is -4.51. The molecule has 1 aliphatic carbocycles. The monoisotopic (exact) mass is 567 g/mol.